The van der Waals surface area contributed by atoms with Gasteiger partial charge >= 0.3 is 35.8 Å². The molecule has 17 heteroatoms. The van der Waals surface area contributed by atoms with Gasteiger partial charge in [-0.15, -0.1) is 0 Å². The molecule has 0 heterocycles. The van der Waals surface area contributed by atoms with Crippen LogP contribution in [0.1, 0.15) is 62.1 Å². The second kappa shape index (κ2) is 16.8. The van der Waals surface area contributed by atoms with E-state index in [-0.39, 0.29) is 84.6 Å². The Kier molecular flexibility index (Phi) is 15.6. The maximum atomic E-state index is 10.5. The van der Waals surface area contributed by atoms with E-state index in [0.29, 0.717) is 0 Å². The summed E-state index contributed by atoms with van der Waals surface area (Å²) in [4.78, 5) is 62.7. The molecule has 12 N–H and O–H groups in total. The van der Waals surface area contributed by atoms with E-state index in [2.05, 4.69) is 0 Å². The Balaban J connectivity index is 0. The Morgan fingerprint density at radius 3 is 0.707 bits per heavy atom. The van der Waals surface area contributed by atoms with Crippen LogP contribution in [0.5, 0.6) is 0 Å². The van der Waals surface area contributed by atoms with Crippen molar-refractivity contribution in [1.82, 2.24) is 0 Å². The third-order valence-corrected chi connectivity index (χ3v) is 4.59. The number of hydrogen-bond donors (Lipinski definition) is 9. The molecule has 0 amide bonds. The number of nitrogen functional groups attached to an aromatic ring is 3. The van der Waals surface area contributed by atoms with Crippen LogP contribution in [0.3, 0.4) is 0 Å². The van der Waals surface area contributed by atoms with Gasteiger partial charge in [0.05, 0.1) is 33.4 Å². The van der Waals surface area contributed by atoms with Crippen molar-refractivity contribution >= 4 is 52.9 Å². The van der Waals surface area contributed by atoms with E-state index in [1.54, 1.807) is 0 Å². The van der Waals surface area contributed by atoms with E-state index in [9.17, 15) is 28.8 Å². The van der Waals surface area contributed by atoms with Crippen LogP contribution < -0.4 is 17.2 Å². The Morgan fingerprint density at radius 2 is 0.585 bits per heavy atom. The van der Waals surface area contributed by atoms with Gasteiger partial charge in [0, 0.05) is 51.2 Å². The van der Waals surface area contributed by atoms with Crippen LogP contribution in [0.15, 0.2) is 54.6 Å². The van der Waals surface area contributed by atoms with Crippen molar-refractivity contribution in [1.29, 1.82) is 0 Å². The van der Waals surface area contributed by atoms with Gasteiger partial charge in [-0.05, 0) is 54.6 Å². The summed E-state index contributed by atoms with van der Waals surface area (Å²) in [7, 11) is 0. The molecule has 3 aromatic carbocycles. The fourth-order valence-corrected chi connectivity index (χ4v) is 2.67. The number of anilines is 3. The van der Waals surface area contributed by atoms with E-state index in [1.807, 2.05) is 0 Å². The van der Waals surface area contributed by atoms with Crippen molar-refractivity contribution in [2.24, 2.45) is 0 Å². The van der Waals surface area contributed by atoms with Gasteiger partial charge in [-0.1, -0.05) is 0 Å². The van der Waals surface area contributed by atoms with E-state index < -0.39 is 35.8 Å². The molecule has 0 atom stereocenters. The first kappa shape index (κ1) is 38.1. The third-order valence-electron chi connectivity index (χ3n) is 4.59. The van der Waals surface area contributed by atoms with Crippen molar-refractivity contribution in [2.45, 2.75) is 0 Å². The first-order chi connectivity index (χ1) is 18.1. The minimum absolute atomic E-state index is 0. The van der Waals surface area contributed by atoms with Crippen molar-refractivity contribution in [3.05, 3.63) is 88.0 Å². The fraction of sp³-hybridized carbons (Fsp3) is 0. The number of hydrogen-bond acceptors (Lipinski definition) is 9. The van der Waals surface area contributed by atoms with Gasteiger partial charge < -0.3 is 47.8 Å². The van der Waals surface area contributed by atoms with Crippen LogP contribution in [0.4, 0.5) is 17.1 Å². The molecule has 0 spiro atoms. The van der Waals surface area contributed by atoms with Crippen molar-refractivity contribution in [3.8, 4) is 0 Å². The molecule has 0 radical (unpaired) electrons. The van der Waals surface area contributed by atoms with Gasteiger partial charge in [0.15, 0.2) is 0 Å². The van der Waals surface area contributed by atoms with Gasteiger partial charge in [0.2, 0.25) is 0 Å². The Hall–Kier alpha value is -5.08. The molecule has 0 aromatic heterocycles. The largest absolute Gasteiger partial charge is 0.478 e. The van der Waals surface area contributed by atoms with Crippen LogP contribution in [0.25, 0.3) is 0 Å². The first-order valence-electron chi connectivity index (χ1n) is 10.1. The second-order valence-corrected chi connectivity index (χ2v) is 7.24. The van der Waals surface area contributed by atoms with Gasteiger partial charge in [-0.2, -0.15) is 0 Å². The second-order valence-electron chi connectivity index (χ2n) is 7.24. The van der Waals surface area contributed by atoms with Crippen LogP contribution in [-0.2, 0) is 34.1 Å². The van der Waals surface area contributed by atoms with Gasteiger partial charge in [-0.25, -0.2) is 28.8 Å². The summed E-state index contributed by atoms with van der Waals surface area (Å²) in [5.41, 5.74) is 15.4. The Morgan fingerprint density at radius 1 is 0.390 bits per heavy atom. The predicted octanol–water partition coefficient (Wildman–Crippen LogP) is 1.99. The van der Waals surface area contributed by atoms with E-state index in [0.717, 1.165) is 18.2 Å². The van der Waals surface area contributed by atoms with E-state index in [4.69, 9.17) is 47.8 Å². The summed E-state index contributed by atoms with van der Waals surface area (Å²) in [6.07, 6.45) is 0. The molecule has 0 fully saturated rings. The average molecular weight is 655 g/mol. The normalized spacial score (nSPS) is 9.07. The fourth-order valence-electron chi connectivity index (χ4n) is 2.67. The minimum atomic E-state index is -1.17. The zero-order valence-corrected chi connectivity index (χ0v) is 22.5. The van der Waals surface area contributed by atoms with Gasteiger partial charge in [0.1, 0.15) is 0 Å². The maximum absolute atomic E-state index is 10.5. The summed E-state index contributed by atoms with van der Waals surface area (Å²) in [6.45, 7) is 0. The molecule has 0 saturated carbocycles. The van der Waals surface area contributed by atoms with Gasteiger partial charge in [0.25, 0.3) is 0 Å². The summed E-state index contributed by atoms with van der Waals surface area (Å²) in [5, 5.41) is 51.3. The third kappa shape index (κ3) is 11.3. The monoisotopic (exact) mass is 655 g/mol. The molecular weight excluding hydrogens is 634 g/mol. The van der Waals surface area contributed by atoms with Crippen molar-refractivity contribution < 1.29 is 93.5 Å². The van der Waals surface area contributed by atoms with Crippen LogP contribution in [-0.4, -0.2) is 66.5 Å². The quantitative estimate of drug-likeness (QED) is 0.135. The summed E-state index contributed by atoms with van der Waals surface area (Å²) in [5.74, 6) is -6.92. The number of carboxylic acids is 6. The molecule has 0 aliphatic carbocycles. The zero-order valence-electron chi connectivity index (χ0n) is 20.3. The molecule has 0 aliphatic heterocycles. The standard InChI is InChI=1S/3C8H7NO4.2Fe/c3*9-6-3-4(7(10)11)1-2-5(6)8(12)13;;/h3*1-3H,9H2,(H,10,11)(H,12,13);;. The maximum Gasteiger partial charge on any atom is 0.337 e. The molecule has 0 aliphatic rings. The van der Waals surface area contributed by atoms with Crippen LogP contribution >= 0.6 is 0 Å². The molecule has 3 rings (SSSR count). The number of rotatable bonds is 6. The summed E-state index contributed by atoms with van der Waals surface area (Å²) >= 11 is 0. The number of carboxylic acid groups (broad SMARTS) is 6. The zero-order chi connectivity index (χ0) is 30.0. The minimum Gasteiger partial charge on any atom is -0.478 e. The average Bonchev–Trinajstić information content (AvgIpc) is 2.83. The van der Waals surface area contributed by atoms with Crippen molar-refractivity contribution in [2.75, 3.05) is 17.2 Å². The Labute approximate surface area is 251 Å². The molecular formula is C24H21Fe2N3O12. The predicted molar refractivity (Wildman–Crippen MR) is 134 cm³/mol. The SMILES string of the molecule is Nc1cc(C(=O)O)ccc1C(=O)O.Nc1cc(C(=O)O)ccc1C(=O)O.Nc1cc(C(=O)O)ccc1C(=O)O.[Fe].[Fe]. The Bertz CT molecular complexity index is 1300. The van der Waals surface area contributed by atoms with Crippen molar-refractivity contribution in [3.63, 3.8) is 0 Å². The number of benzene rings is 3. The van der Waals surface area contributed by atoms with E-state index in [1.165, 1.54) is 36.4 Å². The van der Waals surface area contributed by atoms with Crippen LogP contribution in [0.2, 0.25) is 0 Å². The molecule has 0 saturated heterocycles. The molecule has 3 aromatic rings. The number of aromatic carboxylic acids is 6. The van der Waals surface area contributed by atoms with Crippen LogP contribution in [0, 0.1) is 0 Å². The molecule has 0 unspecified atom stereocenters. The molecule has 15 nitrogen and oxygen atoms in total. The molecule has 0 bridgehead atoms. The van der Waals surface area contributed by atoms with Gasteiger partial charge in [-0.3, -0.25) is 0 Å². The topological polar surface area (TPSA) is 302 Å². The smallest absolute Gasteiger partial charge is 0.337 e. The summed E-state index contributed by atoms with van der Waals surface area (Å²) < 4.78 is 0. The molecule has 220 valence electrons. The molecule has 41 heavy (non-hydrogen) atoms. The number of carbonyl (C=O) groups is 6. The summed E-state index contributed by atoms with van der Waals surface area (Å²) in [6, 6.07) is 10.4. The number of nitrogens with two attached hydrogens (primary N) is 3. The van der Waals surface area contributed by atoms with E-state index >= 15 is 0 Å². The first-order valence-corrected chi connectivity index (χ1v) is 10.1.